The number of nitrogens with one attached hydrogen (secondary N) is 1. The van der Waals surface area contributed by atoms with Crippen molar-refractivity contribution in [1.82, 2.24) is 5.32 Å². The van der Waals surface area contributed by atoms with Crippen molar-refractivity contribution in [3.05, 3.63) is 20.8 Å². The van der Waals surface area contributed by atoms with Gasteiger partial charge in [0.2, 0.25) is 0 Å². The zero-order valence-corrected chi connectivity index (χ0v) is 9.77. The summed E-state index contributed by atoms with van der Waals surface area (Å²) < 4.78 is 1.23. The highest BCUT2D eigenvalue weighted by Crippen LogP contribution is 2.35. The van der Waals surface area contributed by atoms with Crippen LogP contribution in [0.3, 0.4) is 0 Å². The Hall–Kier alpha value is 0.490. The minimum Gasteiger partial charge on any atom is -0.301 e. The van der Waals surface area contributed by atoms with E-state index in [1.165, 1.54) is 20.8 Å². The molecule has 0 amide bonds. The molecule has 1 aromatic rings. The maximum Gasteiger partial charge on any atom is 0.0883 e. The van der Waals surface area contributed by atoms with E-state index in [4.69, 9.17) is 0 Å². The first-order valence-corrected chi connectivity index (χ1v) is 6.62. The fourth-order valence-corrected chi connectivity index (χ4v) is 3.97. The van der Waals surface area contributed by atoms with Gasteiger partial charge in [0.15, 0.2) is 0 Å². The van der Waals surface area contributed by atoms with Gasteiger partial charge in [0, 0.05) is 4.88 Å². The molecule has 1 aromatic heterocycles. The Balaban J connectivity index is 2.08. The van der Waals surface area contributed by atoms with Crippen molar-refractivity contribution in [1.29, 1.82) is 0 Å². The minimum absolute atomic E-state index is 0.537. The number of thiophene rings is 1. The summed E-state index contributed by atoms with van der Waals surface area (Å²) in [6, 6.07) is 4.32. The summed E-state index contributed by atoms with van der Waals surface area (Å²) in [5.41, 5.74) is 0. The van der Waals surface area contributed by atoms with Crippen LogP contribution in [0.4, 0.5) is 0 Å². The van der Waals surface area contributed by atoms with Crippen LogP contribution < -0.4 is 5.32 Å². The number of hydrogen-bond acceptors (Lipinski definition) is 3. The number of rotatable bonds is 1. The second-order valence-electron chi connectivity index (χ2n) is 2.70. The first kappa shape index (κ1) is 9.06. The van der Waals surface area contributed by atoms with E-state index in [2.05, 4.69) is 33.4 Å². The van der Waals surface area contributed by atoms with Crippen LogP contribution in [-0.2, 0) is 0 Å². The van der Waals surface area contributed by atoms with Gasteiger partial charge in [-0.05, 0) is 46.8 Å². The molecule has 2 heterocycles. The molecule has 0 radical (unpaired) electrons. The van der Waals surface area contributed by atoms with Gasteiger partial charge in [-0.3, -0.25) is 0 Å². The smallest absolute Gasteiger partial charge is 0.0883 e. The average molecular weight is 264 g/mol. The molecule has 0 spiro atoms. The Labute approximate surface area is 89.1 Å². The second kappa shape index (κ2) is 4.13. The molecule has 1 aliphatic rings. The van der Waals surface area contributed by atoms with Crippen LogP contribution >= 0.6 is 39.0 Å². The molecule has 0 bridgehead atoms. The molecule has 1 unspecified atom stereocenters. The monoisotopic (exact) mass is 263 g/mol. The SMILES string of the molecule is Brc1ccc(C2NCCCS2)s1. The van der Waals surface area contributed by atoms with Gasteiger partial charge in [-0.1, -0.05) is 0 Å². The van der Waals surface area contributed by atoms with Crippen LogP contribution in [0.15, 0.2) is 15.9 Å². The molecule has 1 saturated heterocycles. The lowest BCUT2D eigenvalue weighted by Crippen LogP contribution is -2.24. The third-order valence-electron chi connectivity index (χ3n) is 1.79. The lowest BCUT2D eigenvalue weighted by molar-refractivity contribution is 0.649. The largest absolute Gasteiger partial charge is 0.301 e. The highest BCUT2D eigenvalue weighted by molar-refractivity contribution is 9.11. The molecule has 1 nitrogen and oxygen atoms in total. The lowest BCUT2D eigenvalue weighted by Gasteiger charge is -2.21. The molecule has 2 rings (SSSR count). The lowest BCUT2D eigenvalue weighted by atomic mass is 10.4. The Kier molecular flexibility index (Phi) is 3.12. The molecule has 1 atom stereocenters. The molecule has 1 N–H and O–H groups in total. The number of thioether (sulfide) groups is 1. The highest BCUT2D eigenvalue weighted by atomic mass is 79.9. The molecule has 0 saturated carbocycles. The van der Waals surface area contributed by atoms with Crippen molar-refractivity contribution in [2.24, 2.45) is 0 Å². The van der Waals surface area contributed by atoms with Gasteiger partial charge < -0.3 is 5.32 Å². The van der Waals surface area contributed by atoms with Gasteiger partial charge in [-0.25, -0.2) is 0 Å². The van der Waals surface area contributed by atoms with Gasteiger partial charge in [-0.2, -0.15) is 0 Å². The second-order valence-corrected chi connectivity index (χ2v) is 6.41. The van der Waals surface area contributed by atoms with Gasteiger partial charge in [0.25, 0.3) is 0 Å². The molecule has 12 heavy (non-hydrogen) atoms. The van der Waals surface area contributed by atoms with E-state index in [-0.39, 0.29) is 0 Å². The van der Waals surface area contributed by atoms with Gasteiger partial charge in [0.05, 0.1) is 9.16 Å². The summed E-state index contributed by atoms with van der Waals surface area (Å²) in [4.78, 5) is 1.44. The summed E-state index contributed by atoms with van der Waals surface area (Å²) in [5, 5.41) is 4.04. The zero-order chi connectivity index (χ0) is 8.39. The van der Waals surface area contributed by atoms with Crippen LogP contribution in [0, 0.1) is 0 Å². The van der Waals surface area contributed by atoms with Crippen molar-refractivity contribution in [2.75, 3.05) is 12.3 Å². The standard InChI is InChI=1S/C8H10BrNS2/c9-7-3-2-6(12-7)8-10-4-1-5-11-8/h2-3,8,10H,1,4-5H2. The highest BCUT2D eigenvalue weighted by Gasteiger charge is 2.16. The van der Waals surface area contributed by atoms with Crippen LogP contribution in [0.25, 0.3) is 0 Å². The predicted octanol–water partition coefficient (Wildman–Crippen LogP) is 3.24. The summed E-state index contributed by atoms with van der Waals surface area (Å²) in [6.45, 7) is 1.16. The first-order valence-electron chi connectivity index (χ1n) is 3.96. The van der Waals surface area contributed by atoms with Crippen LogP contribution in [0.2, 0.25) is 0 Å². The van der Waals surface area contributed by atoms with Crippen LogP contribution in [0.1, 0.15) is 16.7 Å². The molecule has 0 aromatic carbocycles. The van der Waals surface area contributed by atoms with Crippen molar-refractivity contribution in [3.8, 4) is 0 Å². The fourth-order valence-electron chi connectivity index (χ4n) is 1.22. The fraction of sp³-hybridized carbons (Fsp3) is 0.500. The third-order valence-corrected chi connectivity index (χ3v) is 4.90. The Morgan fingerprint density at radius 2 is 2.42 bits per heavy atom. The van der Waals surface area contributed by atoms with Crippen molar-refractivity contribution < 1.29 is 0 Å². The van der Waals surface area contributed by atoms with E-state index in [0.29, 0.717) is 5.37 Å². The van der Waals surface area contributed by atoms with Crippen molar-refractivity contribution >= 4 is 39.0 Å². The maximum absolute atomic E-state index is 3.50. The summed E-state index contributed by atoms with van der Waals surface area (Å²) in [6.07, 6.45) is 1.30. The molecular weight excluding hydrogens is 254 g/mol. The first-order chi connectivity index (χ1) is 5.86. The quantitative estimate of drug-likeness (QED) is 0.835. The predicted molar refractivity (Wildman–Crippen MR) is 59.8 cm³/mol. The van der Waals surface area contributed by atoms with Gasteiger partial charge in [0.1, 0.15) is 0 Å². The third kappa shape index (κ3) is 2.05. The van der Waals surface area contributed by atoms with Crippen molar-refractivity contribution in [2.45, 2.75) is 11.8 Å². The number of halogens is 1. The molecule has 1 aliphatic heterocycles. The number of hydrogen-bond donors (Lipinski definition) is 1. The molecule has 0 aliphatic carbocycles. The molecule has 1 fully saturated rings. The van der Waals surface area contributed by atoms with E-state index < -0.39 is 0 Å². The Morgan fingerprint density at radius 3 is 3.00 bits per heavy atom. The molecule has 4 heteroatoms. The summed E-state index contributed by atoms with van der Waals surface area (Å²) in [7, 11) is 0. The molecule has 66 valence electrons. The van der Waals surface area contributed by atoms with E-state index in [9.17, 15) is 0 Å². The minimum atomic E-state index is 0.537. The molecular formula is C8H10BrNS2. The van der Waals surface area contributed by atoms with Gasteiger partial charge >= 0.3 is 0 Å². The summed E-state index contributed by atoms with van der Waals surface area (Å²) in [5.74, 6) is 1.28. The van der Waals surface area contributed by atoms with E-state index >= 15 is 0 Å². The Bertz CT molecular complexity index is 255. The van der Waals surface area contributed by atoms with Crippen molar-refractivity contribution in [3.63, 3.8) is 0 Å². The topological polar surface area (TPSA) is 12.0 Å². The average Bonchev–Trinajstić information content (AvgIpc) is 2.54. The normalized spacial score (nSPS) is 24.2. The van der Waals surface area contributed by atoms with E-state index in [1.807, 2.05) is 23.1 Å². The van der Waals surface area contributed by atoms with E-state index in [1.54, 1.807) is 0 Å². The van der Waals surface area contributed by atoms with Crippen LogP contribution in [0.5, 0.6) is 0 Å². The van der Waals surface area contributed by atoms with E-state index in [0.717, 1.165) is 6.54 Å². The maximum atomic E-state index is 3.50. The summed E-state index contributed by atoms with van der Waals surface area (Å²) >= 11 is 7.32. The zero-order valence-electron chi connectivity index (χ0n) is 6.55. The van der Waals surface area contributed by atoms with Gasteiger partial charge in [-0.15, -0.1) is 23.1 Å². The van der Waals surface area contributed by atoms with Crippen LogP contribution in [-0.4, -0.2) is 12.3 Å². The Morgan fingerprint density at radius 1 is 1.50 bits per heavy atom.